The highest BCUT2D eigenvalue weighted by molar-refractivity contribution is 5.98. The lowest BCUT2D eigenvalue weighted by molar-refractivity contribution is 0.101. The highest BCUT2D eigenvalue weighted by Crippen LogP contribution is 2.18. The third-order valence-electron chi connectivity index (χ3n) is 2.02. The molecule has 0 amide bonds. The molecule has 0 fully saturated rings. The van der Waals surface area contributed by atoms with Crippen molar-refractivity contribution in [3.8, 4) is 0 Å². The molecule has 0 unspecified atom stereocenters. The van der Waals surface area contributed by atoms with Crippen LogP contribution in [0.1, 0.15) is 17.3 Å². The van der Waals surface area contributed by atoms with E-state index >= 15 is 0 Å². The molecule has 0 aliphatic carbocycles. The van der Waals surface area contributed by atoms with Crippen molar-refractivity contribution in [3.05, 3.63) is 35.8 Å². The van der Waals surface area contributed by atoms with E-state index in [1.807, 2.05) is 0 Å². The van der Waals surface area contributed by atoms with Crippen LogP contribution in [0.3, 0.4) is 0 Å². The fraction of sp³-hybridized carbons (Fsp3) is 0.100. The predicted molar refractivity (Wildman–Crippen MR) is 48.3 cm³/mol. The molecular formula is C10H8FNO. The molecule has 1 N–H and O–H groups in total. The van der Waals surface area contributed by atoms with Gasteiger partial charge in [-0.1, -0.05) is 0 Å². The van der Waals surface area contributed by atoms with Gasteiger partial charge in [-0.25, -0.2) is 4.39 Å². The van der Waals surface area contributed by atoms with Crippen LogP contribution >= 0.6 is 0 Å². The van der Waals surface area contributed by atoms with Gasteiger partial charge in [0.2, 0.25) is 0 Å². The molecule has 0 aliphatic heterocycles. The second kappa shape index (κ2) is 2.69. The van der Waals surface area contributed by atoms with Gasteiger partial charge in [0, 0.05) is 17.1 Å². The van der Waals surface area contributed by atoms with Gasteiger partial charge in [-0.05, 0) is 25.1 Å². The number of H-pyrrole nitrogens is 1. The van der Waals surface area contributed by atoms with Crippen molar-refractivity contribution in [1.82, 2.24) is 4.98 Å². The molecule has 0 radical (unpaired) electrons. The third kappa shape index (κ3) is 1.22. The quantitative estimate of drug-likeness (QED) is 0.667. The Morgan fingerprint density at radius 1 is 1.46 bits per heavy atom. The van der Waals surface area contributed by atoms with E-state index in [1.165, 1.54) is 13.0 Å². The number of fused-ring (bicyclic) bond motifs is 1. The first-order valence-corrected chi connectivity index (χ1v) is 3.96. The maximum Gasteiger partial charge on any atom is 0.159 e. The average Bonchev–Trinajstić information content (AvgIpc) is 2.51. The van der Waals surface area contributed by atoms with Crippen LogP contribution in [0, 0.1) is 5.82 Å². The Morgan fingerprint density at radius 2 is 2.23 bits per heavy atom. The molecule has 0 saturated carbocycles. The number of Topliss-reactive ketones (excluding diaryl/α,β-unsaturated/α-hetero) is 1. The van der Waals surface area contributed by atoms with E-state index in [9.17, 15) is 9.18 Å². The maximum absolute atomic E-state index is 13.3. The van der Waals surface area contributed by atoms with E-state index in [2.05, 4.69) is 4.98 Å². The number of carbonyl (C=O) groups excluding carboxylic acids is 1. The Labute approximate surface area is 74.4 Å². The average molecular weight is 177 g/mol. The van der Waals surface area contributed by atoms with Crippen molar-refractivity contribution >= 4 is 16.7 Å². The number of nitrogens with one attached hydrogen (secondary N) is 1. The van der Waals surface area contributed by atoms with Gasteiger partial charge < -0.3 is 4.98 Å². The van der Waals surface area contributed by atoms with Crippen LogP contribution in [-0.4, -0.2) is 10.8 Å². The highest BCUT2D eigenvalue weighted by Gasteiger charge is 2.06. The Hall–Kier alpha value is -1.64. The van der Waals surface area contributed by atoms with Crippen molar-refractivity contribution in [2.45, 2.75) is 6.92 Å². The summed E-state index contributed by atoms with van der Waals surface area (Å²) in [6, 6.07) is 4.67. The lowest BCUT2D eigenvalue weighted by Gasteiger charge is -1.97. The number of carbonyl (C=O) groups is 1. The second-order valence-corrected chi connectivity index (χ2v) is 2.96. The van der Waals surface area contributed by atoms with Crippen molar-refractivity contribution in [2.75, 3.05) is 0 Å². The molecule has 0 bridgehead atoms. The van der Waals surface area contributed by atoms with Gasteiger partial charge in [0.05, 0.1) is 5.52 Å². The minimum atomic E-state index is -0.382. The van der Waals surface area contributed by atoms with Gasteiger partial charge >= 0.3 is 0 Å². The van der Waals surface area contributed by atoms with Gasteiger partial charge in [0.25, 0.3) is 0 Å². The van der Waals surface area contributed by atoms with Gasteiger partial charge in [-0.3, -0.25) is 4.79 Å². The Bertz CT molecular complexity index is 473. The Morgan fingerprint density at radius 3 is 2.92 bits per heavy atom. The molecule has 1 heterocycles. The number of benzene rings is 1. The van der Waals surface area contributed by atoms with Crippen LogP contribution in [0.5, 0.6) is 0 Å². The second-order valence-electron chi connectivity index (χ2n) is 2.96. The van der Waals surface area contributed by atoms with E-state index in [0.717, 1.165) is 5.39 Å². The molecule has 1 aromatic carbocycles. The molecule has 2 rings (SSSR count). The van der Waals surface area contributed by atoms with Crippen LogP contribution in [0.4, 0.5) is 4.39 Å². The zero-order valence-electron chi connectivity index (χ0n) is 7.10. The van der Waals surface area contributed by atoms with Crippen molar-refractivity contribution in [2.24, 2.45) is 0 Å². The first-order chi connectivity index (χ1) is 6.18. The molecule has 2 aromatic rings. The minimum Gasteiger partial charge on any atom is -0.359 e. The highest BCUT2D eigenvalue weighted by atomic mass is 19.1. The van der Waals surface area contributed by atoms with E-state index in [4.69, 9.17) is 0 Å². The van der Waals surface area contributed by atoms with Crippen molar-refractivity contribution in [1.29, 1.82) is 0 Å². The summed E-state index contributed by atoms with van der Waals surface area (Å²) in [6.45, 7) is 1.42. The minimum absolute atomic E-state index is 0.123. The normalized spacial score (nSPS) is 10.6. The van der Waals surface area contributed by atoms with E-state index in [0.29, 0.717) is 11.1 Å². The third-order valence-corrected chi connectivity index (χ3v) is 2.02. The van der Waals surface area contributed by atoms with Gasteiger partial charge in [0.1, 0.15) is 5.82 Å². The largest absolute Gasteiger partial charge is 0.359 e. The van der Waals surface area contributed by atoms with Gasteiger partial charge in [0.15, 0.2) is 5.78 Å². The number of aromatic amines is 1. The zero-order chi connectivity index (χ0) is 9.42. The van der Waals surface area contributed by atoms with Crippen LogP contribution in [0.25, 0.3) is 10.9 Å². The molecule has 0 atom stereocenters. The van der Waals surface area contributed by atoms with Crippen molar-refractivity contribution in [3.63, 3.8) is 0 Å². The number of hydrogen-bond donors (Lipinski definition) is 1. The number of rotatable bonds is 1. The summed E-state index contributed by atoms with van der Waals surface area (Å²) in [6.07, 6.45) is 1.65. The van der Waals surface area contributed by atoms with E-state index in [-0.39, 0.29) is 11.6 Å². The molecule has 0 spiro atoms. The first kappa shape index (κ1) is 7.98. The molecule has 66 valence electrons. The number of aromatic nitrogens is 1. The standard InChI is InChI=1S/C10H8FNO/c1-6(13)8-4-7-2-3-12-10(7)9(11)5-8/h2-5,12H,1H3. The summed E-state index contributed by atoms with van der Waals surface area (Å²) in [5, 5.41) is 0.727. The predicted octanol–water partition coefficient (Wildman–Crippen LogP) is 2.51. The molecule has 0 saturated heterocycles. The number of ketones is 1. The Kier molecular flexibility index (Phi) is 1.65. The van der Waals surface area contributed by atoms with Crippen LogP contribution in [0.15, 0.2) is 24.4 Å². The molecule has 2 nitrogen and oxygen atoms in total. The molecular weight excluding hydrogens is 169 g/mol. The van der Waals surface area contributed by atoms with Gasteiger partial charge in [-0.15, -0.1) is 0 Å². The molecule has 13 heavy (non-hydrogen) atoms. The van der Waals surface area contributed by atoms with E-state index < -0.39 is 0 Å². The Balaban J connectivity index is 2.77. The van der Waals surface area contributed by atoms with Crippen LogP contribution in [-0.2, 0) is 0 Å². The fourth-order valence-corrected chi connectivity index (χ4v) is 1.33. The molecule has 1 aromatic heterocycles. The molecule has 3 heteroatoms. The zero-order valence-corrected chi connectivity index (χ0v) is 7.10. The topological polar surface area (TPSA) is 32.9 Å². The van der Waals surface area contributed by atoms with Gasteiger partial charge in [-0.2, -0.15) is 0 Å². The summed E-state index contributed by atoms with van der Waals surface area (Å²) in [5.74, 6) is -0.505. The number of halogens is 1. The van der Waals surface area contributed by atoms with Crippen molar-refractivity contribution < 1.29 is 9.18 Å². The summed E-state index contributed by atoms with van der Waals surface area (Å²) in [5.41, 5.74) is 0.856. The number of hydrogen-bond acceptors (Lipinski definition) is 1. The monoisotopic (exact) mass is 177 g/mol. The summed E-state index contributed by atoms with van der Waals surface area (Å²) in [4.78, 5) is 13.8. The van der Waals surface area contributed by atoms with Crippen LogP contribution in [0.2, 0.25) is 0 Å². The van der Waals surface area contributed by atoms with E-state index in [1.54, 1.807) is 18.3 Å². The van der Waals surface area contributed by atoms with Crippen LogP contribution < -0.4 is 0 Å². The lowest BCUT2D eigenvalue weighted by Crippen LogP contribution is -1.93. The fourth-order valence-electron chi connectivity index (χ4n) is 1.33. The SMILES string of the molecule is CC(=O)c1cc(F)c2[nH]ccc2c1. The smallest absolute Gasteiger partial charge is 0.159 e. The summed E-state index contributed by atoms with van der Waals surface area (Å²) >= 11 is 0. The lowest BCUT2D eigenvalue weighted by atomic mass is 10.1. The maximum atomic E-state index is 13.3. The summed E-state index contributed by atoms with van der Waals surface area (Å²) < 4.78 is 13.3. The summed E-state index contributed by atoms with van der Waals surface area (Å²) in [7, 11) is 0. The molecule has 0 aliphatic rings. The first-order valence-electron chi connectivity index (χ1n) is 3.96.